The molecule has 0 saturated heterocycles. The molecule has 2 aromatic carbocycles. The van der Waals surface area contributed by atoms with E-state index in [0.29, 0.717) is 0 Å². The number of amides is 1. The third-order valence-electron chi connectivity index (χ3n) is 3.13. The third-order valence-corrected chi connectivity index (χ3v) is 4.54. The predicted octanol–water partition coefficient (Wildman–Crippen LogP) is 2.17. The fourth-order valence-corrected chi connectivity index (χ4v) is 2.94. The van der Waals surface area contributed by atoms with E-state index in [1.54, 1.807) is 18.2 Å². The minimum Gasteiger partial charge on any atom is -0.272 e. The minimum absolute atomic E-state index is 0.105. The highest BCUT2D eigenvalue weighted by Gasteiger charge is 2.14. The average Bonchev–Trinajstić information content (AvgIpc) is 2.62. The maximum atomic E-state index is 12.0. The number of nitrogens with zero attached hydrogens (tertiary/aromatic N) is 1. The van der Waals surface area contributed by atoms with E-state index in [1.165, 1.54) is 18.3 Å². The summed E-state index contributed by atoms with van der Waals surface area (Å²) < 4.78 is 26.2. The van der Waals surface area contributed by atoms with Gasteiger partial charge in [0.25, 0.3) is 5.91 Å². The zero-order valence-electron chi connectivity index (χ0n) is 13.7. The van der Waals surface area contributed by atoms with Crippen LogP contribution < -0.4 is 10.1 Å². The Balaban J connectivity index is 1.83. The second-order valence-corrected chi connectivity index (χ2v) is 7.00. The summed E-state index contributed by atoms with van der Waals surface area (Å²) in [6.45, 7) is 1.46. The van der Waals surface area contributed by atoms with Gasteiger partial charge in [0.2, 0.25) is 10.0 Å². The van der Waals surface area contributed by atoms with Crippen molar-refractivity contribution in [3.8, 4) is 0 Å². The molecule has 130 valence electrons. The Morgan fingerprint density at radius 3 is 2.28 bits per heavy atom. The van der Waals surface area contributed by atoms with Crippen LogP contribution >= 0.6 is 0 Å². The van der Waals surface area contributed by atoms with Gasteiger partial charge < -0.3 is 0 Å². The van der Waals surface area contributed by atoms with Crippen molar-refractivity contribution < 1.29 is 13.2 Å². The first kappa shape index (κ1) is 18.6. The van der Waals surface area contributed by atoms with Crippen LogP contribution in [0.3, 0.4) is 0 Å². The maximum Gasteiger partial charge on any atom is 0.255 e. The molecule has 0 aliphatic rings. The van der Waals surface area contributed by atoms with E-state index in [-0.39, 0.29) is 4.90 Å². The fourth-order valence-electron chi connectivity index (χ4n) is 1.94. The van der Waals surface area contributed by atoms with Gasteiger partial charge in [0.05, 0.1) is 17.7 Å². The summed E-state index contributed by atoms with van der Waals surface area (Å²) in [5.41, 5.74) is 4.15. The summed E-state index contributed by atoms with van der Waals surface area (Å²) in [7, 11) is -3.71. The van der Waals surface area contributed by atoms with Crippen LogP contribution in [0.25, 0.3) is 6.08 Å². The average molecular weight is 357 g/mol. The van der Waals surface area contributed by atoms with Crippen LogP contribution in [0.2, 0.25) is 0 Å². The van der Waals surface area contributed by atoms with E-state index >= 15 is 0 Å². The van der Waals surface area contributed by atoms with E-state index in [1.807, 2.05) is 43.3 Å². The summed E-state index contributed by atoms with van der Waals surface area (Å²) in [6.07, 6.45) is 3.41. The summed E-state index contributed by atoms with van der Waals surface area (Å²) in [4.78, 5) is 11.8. The predicted molar refractivity (Wildman–Crippen MR) is 98.4 cm³/mol. The largest absolute Gasteiger partial charge is 0.272 e. The minimum atomic E-state index is -3.71. The molecule has 0 atom stereocenters. The number of hydrogen-bond donors (Lipinski definition) is 2. The number of carbonyl (C=O) groups excluding carboxylic acids is 1. The molecule has 0 heterocycles. The monoisotopic (exact) mass is 357 g/mol. The molecule has 0 aliphatic carbocycles. The Morgan fingerprint density at radius 1 is 1.04 bits per heavy atom. The zero-order chi connectivity index (χ0) is 18.1. The lowest BCUT2D eigenvalue weighted by atomic mass is 10.1. The molecule has 2 N–H and O–H groups in total. The van der Waals surface area contributed by atoms with E-state index in [0.717, 1.165) is 11.1 Å². The highest BCUT2D eigenvalue weighted by Crippen LogP contribution is 2.06. The van der Waals surface area contributed by atoms with Gasteiger partial charge in [-0.3, -0.25) is 4.79 Å². The molecule has 0 unspecified atom stereocenters. The van der Waals surface area contributed by atoms with Crippen LogP contribution in [-0.2, 0) is 14.8 Å². The Bertz CT molecular complexity index is 861. The molecular weight excluding hydrogens is 338 g/mol. The first-order valence-corrected chi connectivity index (χ1v) is 9.06. The Hall–Kier alpha value is -2.77. The molecule has 0 bridgehead atoms. The van der Waals surface area contributed by atoms with Gasteiger partial charge in [-0.1, -0.05) is 54.6 Å². The molecule has 0 fully saturated rings. The number of carbonyl (C=O) groups is 1. The van der Waals surface area contributed by atoms with Gasteiger partial charge in [-0.25, -0.2) is 18.6 Å². The lowest BCUT2D eigenvalue weighted by molar-refractivity contribution is -0.119. The molecule has 0 saturated carbocycles. The SMILES string of the molecule is CC(/C=N\NC(=O)CNS(=O)(=O)c1ccccc1)=C/c1ccccc1. The number of allylic oxidation sites excluding steroid dienone is 1. The van der Waals surface area contributed by atoms with Crippen molar-refractivity contribution in [1.82, 2.24) is 10.1 Å². The summed E-state index contributed by atoms with van der Waals surface area (Å²) in [6, 6.07) is 17.5. The molecule has 1 amide bonds. The fraction of sp³-hybridized carbons (Fsp3) is 0.111. The number of sulfonamides is 1. The highest BCUT2D eigenvalue weighted by molar-refractivity contribution is 7.89. The van der Waals surface area contributed by atoms with E-state index in [9.17, 15) is 13.2 Å². The molecule has 2 aromatic rings. The van der Waals surface area contributed by atoms with Crippen LogP contribution in [0.4, 0.5) is 0 Å². The van der Waals surface area contributed by atoms with Crippen LogP contribution in [0.5, 0.6) is 0 Å². The van der Waals surface area contributed by atoms with E-state index in [4.69, 9.17) is 0 Å². The molecule has 7 heteroatoms. The summed E-state index contributed by atoms with van der Waals surface area (Å²) >= 11 is 0. The van der Waals surface area contributed by atoms with Crippen LogP contribution in [0.15, 0.2) is 76.2 Å². The highest BCUT2D eigenvalue weighted by atomic mass is 32.2. The van der Waals surface area contributed by atoms with Crippen molar-refractivity contribution >= 4 is 28.2 Å². The number of hydrazone groups is 1. The topological polar surface area (TPSA) is 87.6 Å². The molecule has 0 radical (unpaired) electrons. The summed E-state index contributed by atoms with van der Waals surface area (Å²) in [5.74, 6) is -0.553. The second-order valence-electron chi connectivity index (χ2n) is 5.23. The third kappa shape index (κ3) is 6.33. The van der Waals surface area contributed by atoms with Gasteiger partial charge >= 0.3 is 0 Å². The van der Waals surface area contributed by atoms with Crippen molar-refractivity contribution in [2.45, 2.75) is 11.8 Å². The molecule has 6 nitrogen and oxygen atoms in total. The molecule has 0 aromatic heterocycles. The number of hydrogen-bond acceptors (Lipinski definition) is 4. The lowest BCUT2D eigenvalue weighted by Crippen LogP contribution is -2.34. The first-order chi connectivity index (χ1) is 12.0. The van der Waals surface area contributed by atoms with Crippen molar-refractivity contribution in [3.63, 3.8) is 0 Å². The lowest BCUT2D eigenvalue weighted by Gasteiger charge is -2.05. The number of nitrogens with one attached hydrogen (secondary N) is 2. The Morgan fingerprint density at radius 2 is 1.64 bits per heavy atom. The van der Waals surface area contributed by atoms with Crippen molar-refractivity contribution in [2.75, 3.05) is 6.54 Å². The van der Waals surface area contributed by atoms with Crippen LogP contribution in [0, 0.1) is 0 Å². The van der Waals surface area contributed by atoms with Gasteiger partial charge in [-0.2, -0.15) is 5.10 Å². The van der Waals surface area contributed by atoms with Crippen molar-refractivity contribution in [2.24, 2.45) is 5.10 Å². The van der Waals surface area contributed by atoms with Gasteiger partial charge in [0.15, 0.2) is 0 Å². The molecular formula is C18H19N3O3S. The first-order valence-electron chi connectivity index (χ1n) is 7.57. The van der Waals surface area contributed by atoms with E-state index in [2.05, 4.69) is 15.2 Å². The molecule has 0 spiro atoms. The smallest absolute Gasteiger partial charge is 0.255 e. The quantitative estimate of drug-likeness (QED) is 0.588. The van der Waals surface area contributed by atoms with Crippen LogP contribution in [-0.4, -0.2) is 27.1 Å². The zero-order valence-corrected chi connectivity index (χ0v) is 14.5. The summed E-state index contributed by atoms with van der Waals surface area (Å²) in [5, 5.41) is 3.81. The molecule has 0 aliphatic heterocycles. The number of rotatable bonds is 7. The normalized spacial score (nSPS) is 12.3. The van der Waals surface area contributed by atoms with Crippen molar-refractivity contribution in [1.29, 1.82) is 0 Å². The molecule has 2 rings (SSSR count). The standard InChI is InChI=1S/C18H19N3O3S/c1-15(12-16-8-4-2-5-9-16)13-19-21-18(22)14-20-25(23,24)17-10-6-3-7-11-17/h2-13,20H,14H2,1H3,(H,21,22)/b15-12-,19-13-. The Labute approximate surface area is 147 Å². The van der Waals surface area contributed by atoms with Gasteiger partial charge in [0.1, 0.15) is 0 Å². The Kier molecular flexibility index (Phi) is 6.62. The van der Waals surface area contributed by atoms with Crippen molar-refractivity contribution in [3.05, 3.63) is 71.8 Å². The number of benzene rings is 2. The maximum absolute atomic E-state index is 12.0. The molecule has 25 heavy (non-hydrogen) atoms. The van der Waals surface area contributed by atoms with Gasteiger partial charge in [0, 0.05) is 0 Å². The van der Waals surface area contributed by atoms with Gasteiger partial charge in [-0.05, 0) is 30.2 Å². The van der Waals surface area contributed by atoms with E-state index < -0.39 is 22.5 Å². The second kappa shape index (κ2) is 8.91. The van der Waals surface area contributed by atoms with Crippen LogP contribution in [0.1, 0.15) is 12.5 Å². The van der Waals surface area contributed by atoms with Gasteiger partial charge in [-0.15, -0.1) is 0 Å².